The summed E-state index contributed by atoms with van der Waals surface area (Å²) < 4.78 is 1.86. The molecule has 0 radical (unpaired) electrons. The lowest BCUT2D eigenvalue weighted by molar-refractivity contribution is 1.13. The summed E-state index contributed by atoms with van der Waals surface area (Å²) in [6, 6.07) is 0. The van der Waals surface area contributed by atoms with Gasteiger partial charge in [0, 0.05) is 6.20 Å². The lowest BCUT2D eigenvalue weighted by Crippen LogP contribution is -1.92. The number of aryl methyl sites for hydroxylation is 1. The van der Waals surface area contributed by atoms with E-state index in [0.29, 0.717) is 5.82 Å². The van der Waals surface area contributed by atoms with Gasteiger partial charge in [0.15, 0.2) is 5.65 Å². The Balaban J connectivity index is 0.000000720. The molecule has 2 N–H and O–H groups in total. The highest BCUT2D eigenvalue weighted by Crippen LogP contribution is 2.04. The maximum atomic E-state index is 5.47. The van der Waals surface area contributed by atoms with Gasteiger partial charge < -0.3 is 10.1 Å². The molecule has 0 aliphatic heterocycles. The van der Waals surface area contributed by atoms with Crippen LogP contribution < -0.4 is 5.73 Å². The third-order valence-corrected chi connectivity index (χ3v) is 1.48. The molecule has 0 aliphatic carbocycles. The number of rotatable bonds is 0. The van der Waals surface area contributed by atoms with Gasteiger partial charge in [0.2, 0.25) is 0 Å². The Morgan fingerprint density at radius 3 is 2.92 bits per heavy atom. The van der Waals surface area contributed by atoms with Gasteiger partial charge in [-0.1, -0.05) is 0 Å². The molecule has 0 saturated heterocycles. The van der Waals surface area contributed by atoms with Crippen molar-refractivity contribution in [2.24, 2.45) is 0 Å². The normalized spacial score (nSPS) is 9.75. The van der Waals surface area contributed by atoms with Gasteiger partial charge in [0.1, 0.15) is 5.82 Å². The molecule has 2 aromatic rings. The van der Waals surface area contributed by atoms with E-state index in [2.05, 4.69) is 9.97 Å². The third-order valence-electron chi connectivity index (χ3n) is 1.48. The van der Waals surface area contributed by atoms with Crippen LogP contribution in [0.4, 0.5) is 5.82 Å². The number of anilines is 1. The minimum atomic E-state index is 0. The zero-order valence-corrected chi connectivity index (χ0v) is 7.38. The molecule has 0 spiro atoms. The summed E-state index contributed by atoms with van der Waals surface area (Å²) in [6.07, 6.45) is 5.31. The number of halogens is 1. The molecule has 64 valence electrons. The number of imidazole rings is 1. The van der Waals surface area contributed by atoms with E-state index in [1.807, 2.05) is 17.5 Å². The van der Waals surface area contributed by atoms with Crippen molar-refractivity contribution in [1.29, 1.82) is 0 Å². The van der Waals surface area contributed by atoms with Crippen LogP contribution >= 0.6 is 12.4 Å². The summed E-state index contributed by atoms with van der Waals surface area (Å²) in [7, 11) is 0. The van der Waals surface area contributed by atoms with Crippen LogP contribution in [-0.2, 0) is 0 Å². The average molecular weight is 185 g/mol. The number of hydrogen-bond donors (Lipinski definition) is 1. The van der Waals surface area contributed by atoms with Crippen molar-refractivity contribution >= 4 is 23.9 Å². The van der Waals surface area contributed by atoms with Crippen LogP contribution in [0.15, 0.2) is 18.6 Å². The molecule has 0 bridgehead atoms. The fourth-order valence-corrected chi connectivity index (χ4v) is 1.04. The minimum Gasteiger partial charge on any atom is -0.382 e. The minimum absolute atomic E-state index is 0. The maximum Gasteiger partial charge on any atom is 0.155 e. The van der Waals surface area contributed by atoms with Gasteiger partial charge in [0.05, 0.1) is 18.1 Å². The SMILES string of the molecule is Cc1cn2cc(N)ncc2n1.Cl. The lowest BCUT2D eigenvalue weighted by Gasteiger charge is -1.92. The van der Waals surface area contributed by atoms with Crippen LogP contribution in [0.2, 0.25) is 0 Å². The lowest BCUT2D eigenvalue weighted by atomic mass is 10.6. The largest absolute Gasteiger partial charge is 0.382 e. The van der Waals surface area contributed by atoms with Gasteiger partial charge in [-0.3, -0.25) is 0 Å². The number of hydrogen-bond acceptors (Lipinski definition) is 3. The quantitative estimate of drug-likeness (QED) is 0.666. The van der Waals surface area contributed by atoms with E-state index in [9.17, 15) is 0 Å². The van der Waals surface area contributed by atoms with E-state index < -0.39 is 0 Å². The summed E-state index contributed by atoms with van der Waals surface area (Å²) in [5, 5.41) is 0. The fraction of sp³-hybridized carbons (Fsp3) is 0.143. The third kappa shape index (κ3) is 1.33. The zero-order valence-electron chi connectivity index (χ0n) is 6.56. The highest BCUT2D eigenvalue weighted by molar-refractivity contribution is 5.85. The molecule has 0 aromatic carbocycles. The number of aromatic nitrogens is 3. The highest BCUT2D eigenvalue weighted by Gasteiger charge is 1.96. The molecule has 0 amide bonds. The van der Waals surface area contributed by atoms with Crippen molar-refractivity contribution in [3.63, 3.8) is 0 Å². The summed E-state index contributed by atoms with van der Waals surface area (Å²) in [5.74, 6) is 0.509. The summed E-state index contributed by atoms with van der Waals surface area (Å²) in [5.41, 5.74) is 7.27. The van der Waals surface area contributed by atoms with Crippen LogP contribution in [0.1, 0.15) is 5.69 Å². The molecule has 5 heteroatoms. The Hall–Kier alpha value is -1.29. The van der Waals surface area contributed by atoms with E-state index in [0.717, 1.165) is 11.3 Å². The Labute approximate surface area is 75.8 Å². The molecule has 0 aliphatic rings. The van der Waals surface area contributed by atoms with E-state index >= 15 is 0 Å². The Morgan fingerprint density at radius 2 is 2.17 bits per heavy atom. The van der Waals surface area contributed by atoms with E-state index in [-0.39, 0.29) is 12.4 Å². The predicted octanol–water partition coefficient (Wildman–Crippen LogP) is 1.04. The second-order valence-corrected chi connectivity index (χ2v) is 2.46. The molecular weight excluding hydrogens is 176 g/mol. The molecule has 2 rings (SSSR count). The standard InChI is InChI=1S/C7H8N4.ClH/c1-5-3-11-4-6(8)9-2-7(11)10-5;/h2-4H,8H2,1H3;1H. The van der Waals surface area contributed by atoms with Crippen LogP contribution in [0.3, 0.4) is 0 Å². The monoisotopic (exact) mass is 184 g/mol. The van der Waals surface area contributed by atoms with Crippen molar-refractivity contribution in [2.45, 2.75) is 6.92 Å². The predicted molar refractivity (Wildman–Crippen MR) is 49.4 cm³/mol. The summed E-state index contributed by atoms with van der Waals surface area (Å²) in [4.78, 5) is 8.11. The van der Waals surface area contributed by atoms with Gasteiger partial charge in [0.25, 0.3) is 0 Å². The molecule has 4 nitrogen and oxygen atoms in total. The van der Waals surface area contributed by atoms with Crippen LogP contribution in [0, 0.1) is 6.92 Å². The average Bonchev–Trinajstić information content (AvgIpc) is 2.27. The van der Waals surface area contributed by atoms with Gasteiger partial charge in [-0.15, -0.1) is 12.4 Å². The van der Waals surface area contributed by atoms with Crippen molar-refractivity contribution in [2.75, 3.05) is 5.73 Å². The first kappa shape index (κ1) is 8.80. The Morgan fingerprint density at radius 1 is 1.42 bits per heavy atom. The molecule has 0 atom stereocenters. The first-order valence-corrected chi connectivity index (χ1v) is 3.32. The maximum absolute atomic E-state index is 5.47. The van der Waals surface area contributed by atoms with Gasteiger partial charge >= 0.3 is 0 Å². The van der Waals surface area contributed by atoms with E-state index in [1.54, 1.807) is 12.4 Å². The molecule has 0 saturated carbocycles. The van der Waals surface area contributed by atoms with Crippen LogP contribution in [0.25, 0.3) is 5.65 Å². The second-order valence-electron chi connectivity index (χ2n) is 2.46. The van der Waals surface area contributed by atoms with Crippen molar-refractivity contribution < 1.29 is 0 Å². The van der Waals surface area contributed by atoms with E-state index in [1.165, 1.54) is 0 Å². The molecule has 12 heavy (non-hydrogen) atoms. The first-order valence-electron chi connectivity index (χ1n) is 3.32. The van der Waals surface area contributed by atoms with E-state index in [4.69, 9.17) is 5.73 Å². The number of nitrogen functional groups attached to an aromatic ring is 1. The van der Waals surface area contributed by atoms with Crippen molar-refractivity contribution in [3.8, 4) is 0 Å². The molecule has 0 fully saturated rings. The van der Waals surface area contributed by atoms with Crippen molar-refractivity contribution in [3.05, 3.63) is 24.3 Å². The van der Waals surface area contributed by atoms with Crippen LogP contribution in [-0.4, -0.2) is 14.4 Å². The molecule has 2 aromatic heterocycles. The van der Waals surface area contributed by atoms with Crippen molar-refractivity contribution in [1.82, 2.24) is 14.4 Å². The van der Waals surface area contributed by atoms with Gasteiger partial charge in [-0.25, -0.2) is 9.97 Å². The Bertz CT molecular complexity index is 395. The fourth-order valence-electron chi connectivity index (χ4n) is 1.04. The number of fused-ring (bicyclic) bond motifs is 1. The number of nitrogens with zero attached hydrogens (tertiary/aromatic N) is 3. The second kappa shape index (κ2) is 2.98. The smallest absolute Gasteiger partial charge is 0.155 e. The molecule has 2 heterocycles. The summed E-state index contributed by atoms with van der Waals surface area (Å²) >= 11 is 0. The Kier molecular flexibility index (Phi) is 2.19. The summed E-state index contributed by atoms with van der Waals surface area (Å²) in [6.45, 7) is 1.93. The first-order chi connectivity index (χ1) is 5.25. The zero-order chi connectivity index (χ0) is 7.84. The molecule has 0 unspecified atom stereocenters. The topological polar surface area (TPSA) is 56.2 Å². The van der Waals surface area contributed by atoms with Crippen LogP contribution in [0.5, 0.6) is 0 Å². The molecular formula is C7H9ClN4. The number of nitrogens with two attached hydrogens (primary N) is 1. The van der Waals surface area contributed by atoms with Gasteiger partial charge in [-0.2, -0.15) is 0 Å². The highest BCUT2D eigenvalue weighted by atomic mass is 35.5. The van der Waals surface area contributed by atoms with Gasteiger partial charge in [-0.05, 0) is 6.92 Å².